The molecule has 0 aliphatic rings. The molecule has 0 aliphatic heterocycles. The third-order valence-corrected chi connectivity index (χ3v) is 1.93. The van der Waals surface area contributed by atoms with Crippen LogP contribution in [0.15, 0.2) is 36.5 Å². The number of nitrogen functional groups attached to an aromatic ring is 1. The van der Waals surface area contributed by atoms with E-state index in [4.69, 9.17) is 10.9 Å². The number of hydrogen-bond acceptors (Lipinski definition) is 5. The van der Waals surface area contributed by atoms with Crippen molar-refractivity contribution in [1.82, 2.24) is 9.97 Å². The fourth-order valence-corrected chi connectivity index (χ4v) is 1.19. The summed E-state index contributed by atoms with van der Waals surface area (Å²) in [5.74, 6) is 6.57. The first kappa shape index (κ1) is 9.42. The zero-order valence-corrected chi connectivity index (χ0v) is 7.88. The molecule has 0 aliphatic carbocycles. The highest BCUT2D eigenvalue weighted by molar-refractivity contribution is 5.57. The van der Waals surface area contributed by atoms with Crippen LogP contribution in [-0.2, 0) is 0 Å². The lowest BCUT2D eigenvalue weighted by Gasteiger charge is -2.02. The van der Waals surface area contributed by atoms with Gasteiger partial charge in [0, 0.05) is 17.8 Å². The standard InChI is InChI=1S/C10H10N4O/c11-14-9-5-6-12-10(13-9)7-1-3-8(15)4-2-7/h1-6,15H,11H2,(H,12,13,14). The molecule has 0 spiro atoms. The second-order valence-electron chi connectivity index (χ2n) is 2.96. The average Bonchev–Trinajstić information content (AvgIpc) is 2.30. The van der Waals surface area contributed by atoms with Crippen LogP contribution in [0.2, 0.25) is 0 Å². The molecule has 0 amide bonds. The Morgan fingerprint density at radius 1 is 1.13 bits per heavy atom. The summed E-state index contributed by atoms with van der Waals surface area (Å²) in [6, 6.07) is 8.32. The van der Waals surface area contributed by atoms with Gasteiger partial charge in [-0.1, -0.05) is 0 Å². The largest absolute Gasteiger partial charge is 0.508 e. The molecule has 15 heavy (non-hydrogen) atoms. The lowest BCUT2D eigenvalue weighted by Crippen LogP contribution is -2.08. The zero-order chi connectivity index (χ0) is 10.7. The number of benzene rings is 1. The van der Waals surface area contributed by atoms with Gasteiger partial charge in [-0.3, -0.25) is 0 Å². The van der Waals surface area contributed by atoms with Crippen LogP contribution < -0.4 is 11.3 Å². The summed E-state index contributed by atoms with van der Waals surface area (Å²) in [5.41, 5.74) is 3.27. The average molecular weight is 202 g/mol. The van der Waals surface area contributed by atoms with Crippen molar-refractivity contribution in [2.24, 2.45) is 5.84 Å². The Kier molecular flexibility index (Phi) is 2.47. The van der Waals surface area contributed by atoms with Crippen LogP contribution in [0.4, 0.5) is 5.82 Å². The molecule has 76 valence electrons. The number of nitrogens with one attached hydrogen (secondary N) is 1. The summed E-state index contributed by atoms with van der Waals surface area (Å²) >= 11 is 0. The van der Waals surface area contributed by atoms with Crippen molar-refractivity contribution in [3.63, 3.8) is 0 Å². The summed E-state index contributed by atoms with van der Waals surface area (Å²) in [4.78, 5) is 8.26. The molecule has 0 saturated carbocycles. The molecule has 5 nitrogen and oxygen atoms in total. The second kappa shape index (κ2) is 3.93. The Labute approximate surface area is 86.6 Å². The molecular formula is C10H10N4O. The molecule has 4 N–H and O–H groups in total. The van der Waals surface area contributed by atoms with Crippen molar-refractivity contribution < 1.29 is 5.11 Å². The molecule has 2 rings (SSSR count). The zero-order valence-electron chi connectivity index (χ0n) is 7.88. The minimum absolute atomic E-state index is 0.215. The van der Waals surface area contributed by atoms with E-state index >= 15 is 0 Å². The van der Waals surface area contributed by atoms with Crippen LogP contribution in [0, 0.1) is 0 Å². The van der Waals surface area contributed by atoms with E-state index in [1.54, 1.807) is 36.5 Å². The van der Waals surface area contributed by atoms with Crippen molar-refractivity contribution in [3.05, 3.63) is 36.5 Å². The van der Waals surface area contributed by atoms with Crippen LogP contribution in [0.5, 0.6) is 5.75 Å². The number of phenolic OH excluding ortho intramolecular Hbond substituents is 1. The van der Waals surface area contributed by atoms with Gasteiger partial charge < -0.3 is 10.5 Å². The molecule has 5 heteroatoms. The van der Waals surface area contributed by atoms with Gasteiger partial charge in [0.05, 0.1) is 0 Å². The van der Waals surface area contributed by atoms with Gasteiger partial charge in [0.1, 0.15) is 11.6 Å². The van der Waals surface area contributed by atoms with Crippen molar-refractivity contribution in [2.45, 2.75) is 0 Å². The maximum absolute atomic E-state index is 9.13. The number of aromatic hydroxyl groups is 1. The minimum atomic E-state index is 0.215. The highest BCUT2D eigenvalue weighted by Gasteiger charge is 2.01. The normalized spacial score (nSPS) is 9.93. The molecule has 0 atom stereocenters. The Bertz CT molecular complexity index is 455. The first-order valence-electron chi connectivity index (χ1n) is 4.38. The van der Waals surface area contributed by atoms with E-state index in [0.717, 1.165) is 5.56 Å². The molecule has 2 aromatic rings. The van der Waals surface area contributed by atoms with Crippen LogP contribution in [0.25, 0.3) is 11.4 Å². The van der Waals surface area contributed by atoms with Gasteiger partial charge >= 0.3 is 0 Å². The number of aromatic nitrogens is 2. The Morgan fingerprint density at radius 2 is 1.87 bits per heavy atom. The van der Waals surface area contributed by atoms with E-state index in [-0.39, 0.29) is 5.75 Å². The van der Waals surface area contributed by atoms with Gasteiger partial charge in [0.15, 0.2) is 5.82 Å². The Morgan fingerprint density at radius 3 is 2.53 bits per heavy atom. The number of nitrogens with zero attached hydrogens (tertiary/aromatic N) is 2. The van der Waals surface area contributed by atoms with E-state index in [9.17, 15) is 0 Å². The molecule has 0 radical (unpaired) electrons. The highest BCUT2D eigenvalue weighted by atomic mass is 16.3. The van der Waals surface area contributed by atoms with Crippen LogP contribution in [0.1, 0.15) is 0 Å². The van der Waals surface area contributed by atoms with E-state index in [1.165, 1.54) is 0 Å². The molecule has 1 heterocycles. The number of nitrogens with two attached hydrogens (primary N) is 1. The van der Waals surface area contributed by atoms with Crippen molar-refractivity contribution >= 4 is 5.82 Å². The maximum atomic E-state index is 9.13. The first-order chi connectivity index (χ1) is 7.29. The topological polar surface area (TPSA) is 84.1 Å². The highest BCUT2D eigenvalue weighted by Crippen LogP contribution is 2.18. The third kappa shape index (κ3) is 2.03. The first-order valence-corrected chi connectivity index (χ1v) is 4.38. The predicted molar refractivity (Wildman–Crippen MR) is 56.9 cm³/mol. The van der Waals surface area contributed by atoms with Gasteiger partial charge in [-0.15, -0.1) is 0 Å². The second-order valence-corrected chi connectivity index (χ2v) is 2.96. The number of hydrazine groups is 1. The molecule has 0 fully saturated rings. The van der Waals surface area contributed by atoms with Gasteiger partial charge in [-0.05, 0) is 24.3 Å². The molecule has 0 bridgehead atoms. The number of phenols is 1. The van der Waals surface area contributed by atoms with E-state index in [1.807, 2.05) is 0 Å². The van der Waals surface area contributed by atoms with Gasteiger partial charge in [-0.2, -0.15) is 0 Å². The van der Waals surface area contributed by atoms with Crippen LogP contribution in [-0.4, -0.2) is 15.1 Å². The third-order valence-electron chi connectivity index (χ3n) is 1.93. The summed E-state index contributed by atoms with van der Waals surface area (Å²) in [7, 11) is 0. The van der Waals surface area contributed by atoms with E-state index in [0.29, 0.717) is 11.6 Å². The monoisotopic (exact) mass is 202 g/mol. The van der Waals surface area contributed by atoms with E-state index < -0.39 is 0 Å². The lowest BCUT2D eigenvalue weighted by molar-refractivity contribution is 0.475. The molecule has 0 unspecified atom stereocenters. The lowest BCUT2D eigenvalue weighted by atomic mass is 10.2. The Balaban J connectivity index is 2.40. The van der Waals surface area contributed by atoms with E-state index in [2.05, 4.69) is 15.4 Å². The fraction of sp³-hybridized carbons (Fsp3) is 0. The van der Waals surface area contributed by atoms with Crippen LogP contribution >= 0.6 is 0 Å². The minimum Gasteiger partial charge on any atom is -0.508 e. The van der Waals surface area contributed by atoms with Gasteiger partial charge in [0.2, 0.25) is 0 Å². The van der Waals surface area contributed by atoms with Crippen LogP contribution in [0.3, 0.4) is 0 Å². The number of rotatable bonds is 2. The SMILES string of the molecule is NNc1ccnc(-c2ccc(O)cc2)n1. The van der Waals surface area contributed by atoms with Crippen molar-refractivity contribution in [1.29, 1.82) is 0 Å². The van der Waals surface area contributed by atoms with Crippen molar-refractivity contribution in [2.75, 3.05) is 5.43 Å². The molecular weight excluding hydrogens is 192 g/mol. The number of anilines is 1. The number of hydrogen-bond donors (Lipinski definition) is 3. The van der Waals surface area contributed by atoms with Crippen molar-refractivity contribution in [3.8, 4) is 17.1 Å². The summed E-state index contributed by atoms with van der Waals surface area (Å²) in [5, 5.41) is 9.13. The Hall–Kier alpha value is -2.14. The summed E-state index contributed by atoms with van der Waals surface area (Å²) < 4.78 is 0. The van der Waals surface area contributed by atoms with Gasteiger partial charge in [0.25, 0.3) is 0 Å². The van der Waals surface area contributed by atoms with Gasteiger partial charge in [-0.25, -0.2) is 15.8 Å². The molecule has 0 saturated heterocycles. The molecule has 1 aromatic carbocycles. The summed E-state index contributed by atoms with van der Waals surface area (Å²) in [6.45, 7) is 0. The molecule has 1 aromatic heterocycles. The predicted octanol–water partition coefficient (Wildman–Crippen LogP) is 1.13. The smallest absolute Gasteiger partial charge is 0.161 e. The maximum Gasteiger partial charge on any atom is 0.161 e. The summed E-state index contributed by atoms with van der Waals surface area (Å²) in [6.07, 6.45) is 1.62. The fourth-order valence-electron chi connectivity index (χ4n) is 1.19. The quantitative estimate of drug-likeness (QED) is 0.502.